The van der Waals surface area contributed by atoms with Crippen molar-refractivity contribution < 1.29 is 9.84 Å². The highest BCUT2D eigenvalue weighted by Crippen LogP contribution is 2.33. The van der Waals surface area contributed by atoms with Crippen LogP contribution in [0.3, 0.4) is 0 Å². The number of rotatable bonds is 7. The first-order valence-electron chi connectivity index (χ1n) is 6.03. The molecule has 98 valence electrons. The highest BCUT2D eigenvalue weighted by Gasteiger charge is 2.29. The van der Waals surface area contributed by atoms with Gasteiger partial charge in [-0.25, -0.2) is 4.98 Å². The van der Waals surface area contributed by atoms with Crippen LogP contribution in [-0.4, -0.2) is 17.2 Å². The topological polar surface area (TPSA) is 42.4 Å². The molecule has 1 aromatic heterocycles. The molecule has 0 saturated heterocycles. The summed E-state index contributed by atoms with van der Waals surface area (Å²) < 4.78 is 5.07. The SMILES string of the molecule is C=CCCC(O)(CC=C)c1ccc(OC)nc1C. The van der Waals surface area contributed by atoms with Crippen LogP contribution in [0.5, 0.6) is 5.88 Å². The summed E-state index contributed by atoms with van der Waals surface area (Å²) in [5, 5.41) is 10.8. The van der Waals surface area contributed by atoms with Crippen molar-refractivity contribution in [3.05, 3.63) is 48.7 Å². The minimum atomic E-state index is -0.931. The molecule has 0 aromatic carbocycles. The van der Waals surface area contributed by atoms with E-state index in [1.54, 1.807) is 25.3 Å². The molecule has 18 heavy (non-hydrogen) atoms. The van der Waals surface area contributed by atoms with Crippen LogP contribution in [0.15, 0.2) is 37.4 Å². The van der Waals surface area contributed by atoms with E-state index in [0.717, 1.165) is 17.7 Å². The van der Waals surface area contributed by atoms with Crippen molar-refractivity contribution in [2.45, 2.75) is 31.8 Å². The van der Waals surface area contributed by atoms with Crippen molar-refractivity contribution in [2.75, 3.05) is 7.11 Å². The van der Waals surface area contributed by atoms with Crippen molar-refractivity contribution in [3.63, 3.8) is 0 Å². The van der Waals surface area contributed by atoms with Crippen LogP contribution < -0.4 is 4.74 Å². The third-order valence-corrected chi connectivity index (χ3v) is 3.01. The van der Waals surface area contributed by atoms with Gasteiger partial charge in [-0.2, -0.15) is 0 Å². The Morgan fingerprint density at radius 1 is 1.39 bits per heavy atom. The van der Waals surface area contributed by atoms with Gasteiger partial charge in [-0.1, -0.05) is 12.2 Å². The Kier molecular flexibility index (Phi) is 5.10. The maximum Gasteiger partial charge on any atom is 0.213 e. The molecular formula is C15H21NO2. The molecule has 0 fully saturated rings. The highest BCUT2D eigenvalue weighted by atomic mass is 16.5. The molecule has 3 heteroatoms. The molecule has 1 atom stereocenters. The number of allylic oxidation sites excluding steroid dienone is 1. The number of aryl methyl sites for hydroxylation is 1. The fourth-order valence-corrected chi connectivity index (χ4v) is 2.07. The summed E-state index contributed by atoms with van der Waals surface area (Å²) >= 11 is 0. The summed E-state index contributed by atoms with van der Waals surface area (Å²) in [6, 6.07) is 3.64. The smallest absolute Gasteiger partial charge is 0.213 e. The number of methoxy groups -OCH3 is 1. The zero-order valence-corrected chi connectivity index (χ0v) is 11.1. The summed E-state index contributed by atoms with van der Waals surface area (Å²) in [5.74, 6) is 0.556. The van der Waals surface area contributed by atoms with E-state index in [4.69, 9.17) is 4.74 Å². The van der Waals surface area contributed by atoms with Gasteiger partial charge in [-0.05, 0) is 32.3 Å². The maximum absolute atomic E-state index is 10.8. The summed E-state index contributed by atoms with van der Waals surface area (Å²) in [6.45, 7) is 9.28. The van der Waals surface area contributed by atoms with E-state index < -0.39 is 5.60 Å². The van der Waals surface area contributed by atoms with Crippen LogP contribution in [-0.2, 0) is 5.60 Å². The molecule has 0 spiro atoms. The summed E-state index contributed by atoms with van der Waals surface area (Å²) in [7, 11) is 1.58. The molecule has 1 N–H and O–H groups in total. The Hall–Kier alpha value is -1.61. The monoisotopic (exact) mass is 247 g/mol. The van der Waals surface area contributed by atoms with Crippen molar-refractivity contribution in [2.24, 2.45) is 0 Å². The molecule has 0 aliphatic carbocycles. The molecule has 0 amide bonds. The lowest BCUT2D eigenvalue weighted by Gasteiger charge is -2.28. The standard InChI is InChI=1S/C15H21NO2/c1-5-7-11-15(17,10-6-2)13-8-9-14(18-4)16-12(13)3/h5-6,8-9,17H,1-2,7,10-11H2,3-4H3. The van der Waals surface area contributed by atoms with Crippen molar-refractivity contribution in [1.29, 1.82) is 0 Å². The van der Waals surface area contributed by atoms with Crippen LogP contribution in [0.4, 0.5) is 0 Å². The Bertz CT molecular complexity index is 429. The van der Waals surface area contributed by atoms with Gasteiger partial charge in [0.25, 0.3) is 0 Å². The third-order valence-electron chi connectivity index (χ3n) is 3.01. The van der Waals surface area contributed by atoms with E-state index in [9.17, 15) is 5.11 Å². The summed E-state index contributed by atoms with van der Waals surface area (Å²) in [4.78, 5) is 4.31. The first-order chi connectivity index (χ1) is 8.57. The largest absolute Gasteiger partial charge is 0.481 e. The Labute approximate surface area is 109 Å². The van der Waals surface area contributed by atoms with E-state index in [1.807, 2.05) is 13.0 Å². The molecule has 1 heterocycles. The van der Waals surface area contributed by atoms with Crippen molar-refractivity contribution in [1.82, 2.24) is 4.98 Å². The minimum absolute atomic E-state index is 0.496. The third kappa shape index (κ3) is 3.20. The molecule has 0 bridgehead atoms. The van der Waals surface area contributed by atoms with Crippen molar-refractivity contribution in [3.8, 4) is 5.88 Å². The number of pyridine rings is 1. The number of ether oxygens (including phenoxy) is 1. The normalized spacial score (nSPS) is 13.7. The first-order valence-corrected chi connectivity index (χ1v) is 6.03. The fraction of sp³-hybridized carbons (Fsp3) is 0.400. The molecular weight excluding hydrogens is 226 g/mol. The number of nitrogens with zero attached hydrogens (tertiary/aromatic N) is 1. The molecule has 1 unspecified atom stereocenters. The Balaban J connectivity index is 3.11. The summed E-state index contributed by atoms with van der Waals surface area (Å²) in [5.41, 5.74) is 0.673. The lowest BCUT2D eigenvalue weighted by molar-refractivity contribution is 0.0304. The van der Waals surface area contributed by atoms with E-state index in [-0.39, 0.29) is 0 Å². The van der Waals surface area contributed by atoms with Gasteiger partial charge in [0.15, 0.2) is 0 Å². The molecule has 1 aromatic rings. The van der Waals surface area contributed by atoms with E-state index >= 15 is 0 Å². The molecule has 0 aliphatic rings. The Morgan fingerprint density at radius 3 is 2.61 bits per heavy atom. The van der Waals surface area contributed by atoms with Gasteiger partial charge >= 0.3 is 0 Å². The number of hydrogen-bond acceptors (Lipinski definition) is 3. The molecule has 3 nitrogen and oxygen atoms in total. The second kappa shape index (κ2) is 6.36. The van der Waals surface area contributed by atoms with Gasteiger partial charge < -0.3 is 9.84 Å². The minimum Gasteiger partial charge on any atom is -0.481 e. The molecule has 0 radical (unpaired) electrons. The van der Waals surface area contributed by atoms with Gasteiger partial charge in [0, 0.05) is 17.3 Å². The van der Waals surface area contributed by atoms with Crippen LogP contribution >= 0.6 is 0 Å². The summed E-state index contributed by atoms with van der Waals surface area (Å²) in [6.07, 6.45) is 5.38. The van der Waals surface area contributed by atoms with Gasteiger partial charge in [0.1, 0.15) is 0 Å². The lowest BCUT2D eigenvalue weighted by Crippen LogP contribution is -2.26. The first kappa shape index (κ1) is 14.5. The van der Waals surface area contributed by atoms with Gasteiger partial charge in [0.2, 0.25) is 5.88 Å². The molecule has 1 rings (SSSR count). The predicted octanol–water partition coefficient (Wildman–Crippen LogP) is 3.13. The lowest BCUT2D eigenvalue weighted by atomic mass is 9.85. The molecule has 0 aliphatic heterocycles. The van der Waals surface area contributed by atoms with Gasteiger partial charge in [0.05, 0.1) is 12.7 Å². The van der Waals surface area contributed by atoms with Crippen LogP contribution in [0.1, 0.15) is 30.5 Å². The van der Waals surface area contributed by atoms with E-state index in [2.05, 4.69) is 18.1 Å². The second-order valence-corrected chi connectivity index (χ2v) is 4.34. The Morgan fingerprint density at radius 2 is 2.11 bits per heavy atom. The fourth-order valence-electron chi connectivity index (χ4n) is 2.07. The maximum atomic E-state index is 10.8. The van der Waals surface area contributed by atoms with Gasteiger partial charge in [-0.3, -0.25) is 0 Å². The zero-order valence-electron chi connectivity index (χ0n) is 11.1. The number of hydrogen-bond donors (Lipinski definition) is 1. The van der Waals surface area contributed by atoms with Crippen LogP contribution in [0, 0.1) is 6.92 Å². The number of aliphatic hydroxyl groups is 1. The zero-order chi connectivity index (χ0) is 13.6. The average Bonchev–Trinajstić information content (AvgIpc) is 2.36. The highest BCUT2D eigenvalue weighted by molar-refractivity contribution is 5.30. The van der Waals surface area contributed by atoms with Crippen LogP contribution in [0.25, 0.3) is 0 Å². The second-order valence-electron chi connectivity index (χ2n) is 4.34. The predicted molar refractivity (Wildman–Crippen MR) is 73.7 cm³/mol. The van der Waals surface area contributed by atoms with Crippen molar-refractivity contribution >= 4 is 0 Å². The number of aromatic nitrogens is 1. The van der Waals surface area contributed by atoms with E-state index in [1.165, 1.54) is 0 Å². The van der Waals surface area contributed by atoms with E-state index in [0.29, 0.717) is 18.7 Å². The van der Waals surface area contributed by atoms with Gasteiger partial charge in [-0.15, -0.1) is 13.2 Å². The quantitative estimate of drug-likeness (QED) is 0.753. The average molecular weight is 247 g/mol. The van der Waals surface area contributed by atoms with Crippen LogP contribution in [0.2, 0.25) is 0 Å². The molecule has 0 saturated carbocycles.